The van der Waals surface area contributed by atoms with E-state index in [9.17, 15) is 27.2 Å². The number of rotatable bonds is 2. The zero-order valence-corrected chi connectivity index (χ0v) is 14.3. The molecule has 2 aliphatic rings. The van der Waals surface area contributed by atoms with Crippen LogP contribution in [-0.4, -0.2) is 18.5 Å². The van der Waals surface area contributed by atoms with Crippen LogP contribution in [0.4, 0.5) is 23.2 Å². The largest absolute Gasteiger partial charge is 0.456 e. The van der Waals surface area contributed by atoms with Crippen LogP contribution in [-0.2, 0) is 20.5 Å². The third kappa shape index (κ3) is 2.94. The molecule has 1 unspecified atom stereocenters. The highest BCUT2D eigenvalue weighted by atomic mass is 19.4. The molecule has 8 heteroatoms. The maximum Gasteiger partial charge on any atom is 0.416 e. The van der Waals surface area contributed by atoms with Gasteiger partial charge < -0.3 is 4.74 Å². The monoisotopic (exact) mass is 391 g/mol. The van der Waals surface area contributed by atoms with Crippen molar-refractivity contribution in [3.05, 3.63) is 76.7 Å². The van der Waals surface area contributed by atoms with E-state index in [0.29, 0.717) is 0 Å². The summed E-state index contributed by atoms with van der Waals surface area (Å²) in [6, 6.07) is 10.0. The molecule has 0 saturated carbocycles. The van der Waals surface area contributed by atoms with E-state index in [-0.39, 0.29) is 35.5 Å². The molecule has 0 spiro atoms. The molecule has 1 amide bonds. The zero-order valence-electron chi connectivity index (χ0n) is 14.3. The van der Waals surface area contributed by atoms with Gasteiger partial charge in [-0.3, -0.25) is 9.69 Å². The van der Waals surface area contributed by atoms with Crippen molar-refractivity contribution in [3.63, 3.8) is 0 Å². The first kappa shape index (κ1) is 18.2. The number of hydrogen-bond donors (Lipinski definition) is 0. The van der Waals surface area contributed by atoms with Crippen molar-refractivity contribution in [2.75, 3.05) is 11.5 Å². The van der Waals surface area contributed by atoms with Gasteiger partial charge in [0.1, 0.15) is 12.4 Å². The Kier molecular flexibility index (Phi) is 4.21. The van der Waals surface area contributed by atoms with E-state index in [1.54, 1.807) is 6.07 Å². The molecule has 2 aliphatic heterocycles. The highest BCUT2D eigenvalue weighted by Gasteiger charge is 2.44. The standard InChI is InChI=1S/C20H13F4NO3/c21-15-7-2-1-6-13(15)14-9-17(26)25(16-10-28-19(27)18(14)16)12-5-3-4-11(8-12)20(22,23)24/h1-8,14H,9-10H2. The molecule has 2 aromatic carbocycles. The van der Waals surface area contributed by atoms with Gasteiger partial charge in [0.05, 0.1) is 16.8 Å². The SMILES string of the molecule is O=C1OCC2=C1C(c1ccccc1F)CC(=O)N2c1cccc(C(F)(F)F)c1. The maximum atomic E-state index is 14.3. The molecule has 4 nitrogen and oxygen atoms in total. The average molecular weight is 391 g/mol. The van der Waals surface area contributed by atoms with Gasteiger partial charge in [0.15, 0.2) is 0 Å². The molecule has 0 bridgehead atoms. The van der Waals surface area contributed by atoms with Crippen LogP contribution < -0.4 is 4.90 Å². The van der Waals surface area contributed by atoms with E-state index < -0.39 is 35.4 Å². The first-order chi connectivity index (χ1) is 13.3. The van der Waals surface area contributed by atoms with E-state index in [4.69, 9.17) is 4.74 Å². The number of cyclic esters (lactones) is 1. The van der Waals surface area contributed by atoms with Crippen molar-refractivity contribution in [1.82, 2.24) is 0 Å². The predicted molar refractivity (Wildman–Crippen MR) is 90.7 cm³/mol. The summed E-state index contributed by atoms with van der Waals surface area (Å²) in [7, 11) is 0. The molecule has 2 heterocycles. The summed E-state index contributed by atoms with van der Waals surface area (Å²) in [5.41, 5.74) is -0.513. The van der Waals surface area contributed by atoms with E-state index in [1.807, 2.05) is 0 Å². The molecule has 0 N–H and O–H groups in total. The molecule has 0 radical (unpaired) electrons. The second-order valence-electron chi connectivity index (χ2n) is 6.49. The van der Waals surface area contributed by atoms with E-state index in [1.165, 1.54) is 30.3 Å². The Morgan fingerprint density at radius 1 is 1.04 bits per heavy atom. The highest BCUT2D eigenvalue weighted by molar-refractivity contribution is 6.06. The van der Waals surface area contributed by atoms with Gasteiger partial charge in [-0.25, -0.2) is 9.18 Å². The van der Waals surface area contributed by atoms with Gasteiger partial charge in [0, 0.05) is 18.0 Å². The number of anilines is 1. The molecular weight excluding hydrogens is 378 g/mol. The Labute approximate surface area is 157 Å². The minimum Gasteiger partial charge on any atom is -0.456 e. The van der Waals surface area contributed by atoms with Crippen molar-refractivity contribution in [3.8, 4) is 0 Å². The van der Waals surface area contributed by atoms with Gasteiger partial charge in [-0.2, -0.15) is 13.2 Å². The van der Waals surface area contributed by atoms with Crippen molar-refractivity contribution < 1.29 is 31.9 Å². The van der Waals surface area contributed by atoms with Crippen molar-refractivity contribution in [1.29, 1.82) is 0 Å². The molecule has 2 aromatic rings. The Bertz CT molecular complexity index is 1010. The maximum absolute atomic E-state index is 14.3. The minimum absolute atomic E-state index is 0.0161. The molecule has 0 aliphatic carbocycles. The number of amides is 1. The number of hydrogen-bond acceptors (Lipinski definition) is 3. The number of alkyl halides is 3. The van der Waals surface area contributed by atoms with Crippen LogP contribution in [0.5, 0.6) is 0 Å². The fourth-order valence-corrected chi connectivity index (χ4v) is 3.60. The van der Waals surface area contributed by atoms with Crippen LogP contribution in [0.15, 0.2) is 59.8 Å². The van der Waals surface area contributed by atoms with Gasteiger partial charge in [0.25, 0.3) is 0 Å². The quantitative estimate of drug-likeness (QED) is 0.570. The lowest BCUT2D eigenvalue weighted by atomic mass is 9.84. The first-order valence-electron chi connectivity index (χ1n) is 8.42. The smallest absolute Gasteiger partial charge is 0.416 e. The van der Waals surface area contributed by atoms with Crippen molar-refractivity contribution in [2.24, 2.45) is 0 Å². The summed E-state index contributed by atoms with van der Waals surface area (Å²) in [5.74, 6) is -2.66. The molecule has 1 atom stereocenters. The Morgan fingerprint density at radius 3 is 2.50 bits per heavy atom. The summed E-state index contributed by atoms with van der Waals surface area (Å²) < 4.78 is 58.5. The summed E-state index contributed by atoms with van der Waals surface area (Å²) in [4.78, 5) is 26.2. The average Bonchev–Trinajstić information content (AvgIpc) is 3.02. The number of ether oxygens (including phenoxy) is 1. The molecule has 0 aromatic heterocycles. The van der Waals surface area contributed by atoms with Crippen LogP contribution in [0.3, 0.4) is 0 Å². The third-order valence-electron chi connectivity index (χ3n) is 4.83. The van der Waals surface area contributed by atoms with E-state index in [0.717, 1.165) is 17.0 Å². The van der Waals surface area contributed by atoms with Gasteiger partial charge in [-0.1, -0.05) is 24.3 Å². The molecule has 4 rings (SSSR count). The van der Waals surface area contributed by atoms with Crippen LogP contribution in [0.1, 0.15) is 23.5 Å². The predicted octanol–water partition coefficient (Wildman–Crippen LogP) is 4.18. The lowest BCUT2D eigenvalue weighted by Gasteiger charge is -2.32. The highest BCUT2D eigenvalue weighted by Crippen LogP contribution is 2.43. The van der Waals surface area contributed by atoms with Crippen LogP contribution in [0, 0.1) is 5.82 Å². The Morgan fingerprint density at radius 2 is 1.79 bits per heavy atom. The fraction of sp³-hybridized carbons (Fsp3) is 0.200. The number of nitrogens with zero attached hydrogens (tertiary/aromatic N) is 1. The first-order valence-corrected chi connectivity index (χ1v) is 8.42. The van der Waals surface area contributed by atoms with E-state index >= 15 is 0 Å². The lowest BCUT2D eigenvalue weighted by molar-refractivity contribution is -0.138. The molecule has 28 heavy (non-hydrogen) atoms. The molecule has 0 fully saturated rings. The van der Waals surface area contributed by atoms with Crippen molar-refractivity contribution in [2.45, 2.75) is 18.5 Å². The lowest BCUT2D eigenvalue weighted by Crippen LogP contribution is -2.37. The van der Waals surface area contributed by atoms with Crippen LogP contribution >= 0.6 is 0 Å². The normalized spacial score (nSPS) is 19.7. The number of halogens is 4. The topological polar surface area (TPSA) is 46.6 Å². The fourth-order valence-electron chi connectivity index (χ4n) is 3.60. The molecule has 0 saturated heterocycles. The summed E-state index contributed by atoms with van der Waals surface area (Å²) >= 11 is 0. The molecule has 144 valence electrons. The van der Waals surface area contributed by atoms with Gasteiger partial charge >= 0.3 is 12.1 Å². The number of carbonyl (C=O) groups excluding carboxylic acids is 2. The van der Waals surface area contributed by atoms with Gasteiger partial charge in [0.2, 0.25) is 5.91 Å². The number of esters is 1. The summed E-state index contributed by atoms with van der Waals surface area (Å²) in [6.45, 7) is -0.263. The number of benzene rings is 2. The second kappa shape index (κ2) is 6.47. The summed E-state index contributed by atoms with van der Waals surface area (Å²) in [6.07, 6.45) is -4.84. The summed E-state index contributed by atoms with van der Waals surface area (Å²) in [5, 5.41) is 0. The van der Waals surface area contributed by atoms with Crippen LogP contribution in [0.25, 0.3) is 0 Å². The Balaban J connectivity index is 1.84. The van der Waals surface area contributed by atoms with Crippen molar-refractivity contribution >= 4 is 17.6 Å². The van der Waals surface area contributed by atoms with Gasteiger partial charge in [-0.15, -0.1) is 0 Å². The Hall–Kier alpha value is -3.16. The van der Waals surface area contributed by atoms with E-state index in [2.05, 4.69) is 0 Å². The van der Waals surface area contributed by atoms with Gasteiger partial charge in [-0.05, 0) is 29.8 Å². The number of carbonyl (C=O) groups is 2. The molecular formula is C20H13F4NO3. The van der Waals surface area contributed by atoms with Crippen LogP contribution in [0.2, 0.25) is 0 Å². The second-order valence-corrected chi connectivity index (χ2v) is 6.49. The third-order valence-corrected chi connectivity index (χ3v) is 4.83. The zero-order chi connectivity index (χ0) is 20.1. The minimum atomic E-state index is -4.58.